The summed E-state index contributed by atoms with van der Waals surface area (Å²) in [6.45, 7) is 3.50. The van der Waals surface area contributed by atoms with Crippen molar-refractivity contribution in [3.8, 4) is 5.75 Å². The summed E-state index contributed by atoms with van der Waals surface area (Å²) in [5, 5.41) is 10.5. The molecule has 2 heterocycles. The van der Waals surface area contributed by atoms with Gasteiger partial charge in [0.1, 0.15) is 17.7 Å². The molecule has 1 unspecified atom stereocenters. The summed E-state index contributed by atoms with van der Waals surface area (Å²) in [6, 6.07) is 9.40. The molecule has 1 aromatic carbocycles. The van der Waals surface area contributed by atoms with Crippen LogP contribution in [0.1, 0.15) is 31.1 Å². The number of benzene rings is 1. The third kappa shape index (κ3) is 3.28. The molecule has 7 heteroatoms. The van der Waals surface area contributed by atoms with Gasteiger partial charge in [-0.1, -0.05) is 24.3 Å². The predicted molar refractivity (Wildman–Crippen MR) is 86.0 cm³/mol. The van der Waals surface area contributed by atoms with E-state index in [4.69, 9.17) is 10.5 Å². The van der Waals surface area contributed by atoms with Gasteiger partial charge in [-0.25, -0.2) is 4.98 Å². The van der Waals surface area contributed by atoms with Crippen LogP contribution >= 0.6 is 0 Å². The van der Waals surface area contributed by atoms with Crippen LogP contribution in [-0.2, 0) is 11.2 Å². The van der Waals surface area contributed by atoms with Crippen molar-refractivity contribution in [2.45, 2.75) is 26.4 Å². The first-order chi connectivity index (χ1) is 11.0. The van der Waals surface area contributed by atoms with Crippen molar-refractivity contribution in [3.05, 3.63) is 41.5 Å². The second-order valence-corrected chi connectivity index (χ2v) is 5.42. The summed E-state index contributed by atoms with van der Waals surface area (Å²) >= 11 is 0. The van der Waals surface area contributed by atoms with E-state index in [1.165, 1.54) is 0 Å². The standard InChI is InChI=1S/C16H17N5O2/c1-9(22)6-11-4-3-5-12(7-11)10(2)23-13-8-14(17)18-16-15(13)19-21-20-16/h3-5,7-8,10H,6H2,1-2H3,(H3,17,18,19,20,21). The van der Waals surface area contributed by atoms with Crippen LogP contribution in [-0.4, -0.2) is 26.2 Å². The molecule has 0 saturated heterocycles. The Morgan fingerprint density at radius 2 is 2.17 bits per heavy atom. The third-order valence-electron chi connectivity index (χ3n) is 3.45. The van der Waals surface area contributed by atoms with Gasteiger partial charge in [0.25, 0.3) is 0 Å². The molecule has 0 fully saturated rings. The van der Waals surface area contributed by atoms with Gasteiger partial charge in [0, 0.05) is 12.5 Å². The highest BCUT2D eigenvalue weighted by atomic mass is 16.5. The van der Waals surface area contributed by atoms with E-state index in [-0.39, 0.29) is 11.9 Å². The molecule has 0 aliphatic rings. The molecule has 23 heavy (non-hydrogen) atoms. The summed E-state index contributed by atoms with van der Waals surface area (Å²) in [5.74, 6) is 0.964. The first kappa shape index (κ1) is 15.0. The molecule has 0 bridgehead atoms. The zero-order chi connectivity index (χ0) is 16.4. The van der Waals surface area contributed by atoms with E-state index in [1.807, 2.05) is 31.2 Å². The summed E-state index contributed by atoms with van der Waals surface area (Å²) in [4.78, 5) is 15.3. The quantitative estimate of drug-likeness (QED) is 0.748. The number of nitrogen functional groups attached to an aromatic ring is 1. The van der Waals surface area contributed by atoms with Gasteiger partial charge in [-0.05, 0) is 25.0 Å². The number of hydrogen-bond acceptors (Lipinski definition) is 6. The number of aromatic nitrogens is 4. The zero-order valence-corrected chi connectivity index (χ0v) is 12.9. The Labute approximate surface area is 132 Å². The highest BCUT2D eigenvalue weighted by Gasteiger charge is 2.14. The van der Waals surface area contributed by atoms with Crippen molar-refractivity contribution >= 4 is 22.8 Å². The molecule has 2 aromatic heterocycles. The van der Waals surface area contributed by atoms with Crippen molar-refractivity contribution in [2.24, 2.45) is 0 Å². The van der Waals surface area contributed by atoms with Crippen LogP contribution in [0.3, 0.4) is 0 Å². The molecule has 3 aromatic rings. The molecule has 0 spiro atoms. The summed E-state index contributed by atoms with van der Waals surface area (Å²) in [5.41, 5.74) is 8.65. The normalized spacial score (nSPS) is 12.3. The van der Waals surface area contributed by atoms with E-state index in [0.29, 0.717) is 29.2 Å². The number of nitrogens with zero attached hydrogens (tertiary/aromatic N) is 3. The predicted octanol–water partition coefficient (Wildman–Crippen LogP) is 2.21. The van der Waals surface area contributed by atoms with Gasteiger partial charge in [-0.3, -0.25) is 4.79 Å². The lowest BCUT2D eigenvalue weighted by Crippen LogP contribution is -2.06. The maximum Gasteiger partial charge on any atom is 0.207 e. The van der Waals surface area contributed by atoms with Gasteiger partial charge in [0.05, 0.1) is 0 Å². The molecular formula is C16H17N5O2. The number of nitrogens with two attached hydrogens (primary N) is 1. The Hall–Kier alpha value is -2.96. The fourth-order valence-corrected chi connectivity index (χ4v) is 2.42. The lowest BCUT2D eigenvalue weighted by molar-refractivity contribution is -0.116. The van der Waals surface area contributed by atoms with Crippen molar-refractivity contribution in [1.29, 1.82) is 0 Å². The number of Topliss-reactive ketones (excluding diaryl/α,β-unsaturated/α-hetero) is 1. The maximum atomic E-state index is 11.3. The van der Waals surface area contributed by atoms with E-state index in [1.54, 1.807) is 13.0 Å². The SMILES string of the molecule is CC(=O)Cc1cccc(C(C)Oc2cc(N)nc3n[nH]nc23)c1. The number of nitrogens with one attached hydrogen (secondary N) is 1. The number of hydrogen-bond donors (Lipinski definition) is 2. The molecule has 3 rings (SSSR count). The molecule has 118 valence electrons. The smallest absolute Gasteiger partial charge is 0.207 e. The Kier molecular flexibility index (Phi) is 3.92. The average molecular weight is 311 g/mol. The van der Waals surface area contributed by atoms with E-state index < -0.39 is 0 Å². The van der Waals surface area contributed by atoms with E-state index >= 15 is 0 Å². The zero-order valence-electron chi connectivity index (χ0n) is 12.9. The Balaban J connectivity index is 1.87. The first-order valence-corrected chi connectivity index (χ1v) is 7.25. The monoisotopic (exact) mass is 311 g/mol. The van der Waals surface area contributed by atoms with Crippen LogP contribution in [0.25, 0.3) is 11.2 Å². The molecular weight excluding hydrogens is 294 g/mol. The molecule has 0 aliphatic carbocycles. The van der Waals surface area contributed by atoms with Crippen LogP contribution < -0.4 is 10.5 Å². The molecule has 0 radical (unpaired) electrons. The fourth-order valence-electron chi connectivity index (χ4n) is 2.42. The Bertz CT molecular complexity index is 859. The minimum atomic E-state index is -0.233. The summed E-state index contributed by atoms with van der Waals surface area (Å²) in [7, 11) is 0. The Morgan fingerprint density at radius 1 is 1.35 bits per heavy atom. The van der Waals surface area contributed by atoms with Crippen LogP contribution in [0.4, 0.5) is 5.82 Å². The molecule has 3 N–H and O–H groups in total. The minimum Gasteiger partial charge on any atom is -0.483 e. The lowest BCUT2D eigenvalue weighted by atomic mass is 10.0. The number of H-pyrrole nitrogens is 1. The number of carbonyl (C=O) groups excluding carboxylic acids is 1. The minimum absolute atomic E-state index is 0.127. The number of pyridine rings is 1. The number of ketones is 1. The topological polar surface area (TPSA) is 107 Å². The molecule has 0 aliphatic heterocycles. The largest absolute Gasteiger partial charge is 0.483 e. The van der Waals surface area contributed by atoms with Crippen molar-refractivity contribution in [1.82, 2.24) is 20.4 Å². The summed E-state index contributed by atoms with van der Waals surface area (Å²) < 4.78 is 5.99. The van der Waals surface area contributed by atoms with Gasteiger partial charge in [-0.2, -0.15) is 10.3 Å². The highest BCUT2D eigenvalue weighted by Crippen LogP contribution is 2.28. The fraction of sp³-hybridized carbons (Fsp3) is 0.250. The van der Waals surface area contributed by atoms with Gasteiger partial charge in [0.15, 0.2) is 11.3 Å². The second kappa shape index (κ2) is 6.04. The van der Waals surface area contributed by atoms with Gasteiger partial charge in [-0.15, -0.1) is 5.10 Å². The van der Waals surface area contributed by atoms with Gasteiger partial charge < -0.3 is 10.5 Å². The first-order valence-electron chi connectivity index (χ1n) is 7.25. The number of rotatable bonds is 5. The number of anilines is 1. The number of fused-ring (bicyclic) bond motifs is 1. The number of carbonyl (C=O) groups is 1. The van der Waals surface area contributed by atoms with Crippen LogP contribution in [0.5, 0.6) is 5.75 Å². The highest BCUT2D eigenvalue weighted by molar-refractivity contribution is 5.79. The van der Waals surface area contributed by atoms with Gasteiger partial charge in [0.2, 0.25) is 5.65 Å². The van der Waals surface area contributed by atoms with E-state index in [0.717, 1.165) is 11.1 Å². The van der Waals surface area contributed by atoms with Crippen LogP contribution in [0.2, 0.25) is 0 Å². The second-order valence-electron chi connectivity index (χ2n) is 5.42. The van der Waals surface area contributed by atoms with Crippen molar-refractivity contribution < 1.29 is 9.53 Å². The Morgan fingerprint density at radius 3 is 2.96 bits per heavy atom. The van der Waals surface area contributed by atoms with Crippen molar-refractivity contribution in [2.75, 3.05) is 5.73 Å². The van der Waals surface area contributed by atoms with E-state index in [2.05, 4.69) is 20.4 Å². The van der Waals surface area contributed by atoms with Crippen molar-refractivity contribution in [3.63, 3.8) is 0 Å². The molecule has 7 nitrogen and oxygen atoms in total. The van der Waals surface area contributed by atoms with Gasteiger partial charge >= 0.3 is 0 Å². The third-order valence-corrected chi connectivity index (χ3v) is 3.45. The lowest BCUT2D eigenvalue weighted by Gasteiger charge is -2.16. The average Bonchev–Trinajstić information content (AvgIpc) is 2.95. The number of ether oxygens (including phenoxy) is 1. The van der Waals surface area contributed by atoms with Crippen LogP contribution in [0.15, 0.2) is 30.3 Å². The molecule has 0 amide bonds. The molecule has 1 atom stereocenters. The van der Waals surface area contributed by atoms with E-state index in [9.17, 15) is 4.79 Å². The number of aromatic amines is 1. The maximum absolute atomic E-state index is 11.3. The molecule has 0 saturated carbocycles. The van der Waals surface area contributed by atoms with Crippen LogP contribution in [0, 0.1) is 0 Å². The summed E-state index contributed by atoms with van der Waals surface area (Å²) in [6.07, 6.45) is 0.180.